The van der Waals surface area contributed by atoms with Crippen molar-refractivity contribution < 1.29 is 0 Å². The zero-order valence-corrected chi connectivity index (χ0v) is 8.71. The van der Waals surface area contributed by atoms with Gasteiger partial charge in [0, 0.05) is 0 Å². The van der Waals surface area contributed by atoms with Gasteiger partial charge in [0.25, 0.3) is 5.56 Å². The number of nitrogen functional groups attached to an aromatic ring is 1. The van der Waals surface area contributed by atoms with E-state index in [0.717, 1.165) is 12.1 Å². The van der Waals surface area contributed by atoms with Gasteiger partial charge in [-0.3, -0.25) is 9.89 Å². The van der Waals surface area contributed by atoms with E-state index in [4.69, 9.17) is 5.73 Å². The van der Waals surface area contributed by atoms with Crippen molar-refractivity contribution in [2.45, 2.75) is 39.2 Å². The minimum absolute atomic E-state index is 0.0544. The van der Waals surface area contributed by atoms with E-state index in [1.165, 1.54) is 12.8 Å². The molecule has 0 aliphatic heterocycles. The Bertz CT molecular complexity index is 387. The van der Waals surface area contributed by atoms with Crippen LogP contribution in [0, 0.1) is 5.92 Å². The van der Waals surface area contributed by atoms with Gasteiger partial charge in [0.15, 0.2) is 0 Å². The number of aromatic nitrogens is 2. The average molecular weight is 195 g/mol. The van der Waals surface area contributed by atoms with E-state index in [-0.39, 0.29) is 11.6 Å². The first-order chi connectivity index (χ1) is 6.65. The van der Waals surface area contributed by atoms with Gasteiger partial charge in [0.05, 0.1) is 11.7 Å². The predicted molar refractivity (Wildman–Crippen MR) is 56.3 cm³/mol. The van der Waals surface area contributed by atoms with Gasteiger partial charge in [-0.15, -0.1) is 0 Å². The highest BCUT2D eigenvalue weighted by Gasteiger charge is 2.31. The number of H-pyrrole nitrogens is 1. The second-order valence-corrected chi connectivity index (χ2v) is 4.11. The molecule has 1 heterocycles. The number of aromatic amines is 1. The van der Waals surface area contributed by atoms with Gasteiger partial charge in [-0.25, -0.2) is 4.68 Å². The molecular formula is C10H17N3O. The van der Waals surface area contributed by atoms with E-state index < -0.39 is 0 Å². The molecule has 4 nitrogen and oxygen atoms in total. The van der Waals surface area contributed by atoms with Crippen molar-refractivity contribution in [3.8, 4) is 0 Å². The molecule has 0 saturated heterocycles. The van der Waals surface area contributed by atoms with Crippen LogP contribution < -0.4 is 11.3 Å². The summed E-state index contributed by atoms with van der Waals surface area (Å²) < 4.78 is 1.69. The molecule has 1 aliphatic rings. The number of hydrogen-bond acceptors (Lipinski definition) is 2. The van der Waals surface area contributed by atoms with Crippen molar-refractivity contribution in [1.82, 2.24) is 9.78 Å². The predicted octanol–water partition coefficient (Wildman–Crippen LogP) is 1.29. The van der Waals surface area contributed by atoms with Crippen LogP contribution in [0.4, 0.5) is 5.69 Å². The number of nitrogens with zero attached hydrogens (tertiary/aromatic N) is 1. The highest BCUT2D eigenvalue weighted by molar-refractivity contribution is 5.40. The first kappa shape index (κ1) is 9.37. The summed E-state index contributed by atoms with van der Waals surface area (Å²) in [7, 11) is 0. The van der Waals surface area contributed by atoms with Crippen LogP contribution in [0.3, 0.4) is 0 Å². The summed E-state index contributed by atoms with van der Waals surface area (Å²) in [4.78, 5) is 11.7. The summed E-state index contributed by atoms with van der Waals surface area (Å²) in [6.45, 7) is 4.07. The summed E-state index contributed by atoms with van der Waals surface area (Å²) in [6.07, 6.45) is 3.24. The van der Waals surface area contributed by atoms with Crippen molar-refractivity contribution >= 4 is 5.69 Å². The number of hydrogen-bond donors (Lipinski definition) is 2. The Morgan fingerprint density at radius 1 is 1.64 bits per heavy atom. The van der Waals surface area contributed by atoms with Crippen LogP contribution in [0.25, 0.3) is 0 Å². The summed E-state index contributed by atoms with van der Waals surface area (Å²) >= 11 is 0. The second kappa shape index (κ2) is 3.19. The molecular weight excluding hydrogens is 178 g/mol. The monoisotopic (exact) mass is 195 g/mol. The maximum atomic E-state index is 11.7. The number of rotatable bonds is 3. The molecule has 1 fully saturated rings. The molecule has 1 aliphatic carbocycles. The molecule has 3 N–H and O–H groups in total. The normalized spacial score (nSPS) is 18.4. The second-order valence-electron chi connectivity index (χ2n) is 4.11. The Kier molecular flexibility index (Phi) is 2.13. The largest absolute Gasteiger partial charge is 0.393 e. The van der Waals surface area contributed by atoms with Gasteiger partial charge in [0.2, 0.25) is 0 Å². The van der Waals surface area contributed by atoms with Gasteiger partial charge in [-0.1, -0.05) is 6.92 Å². The minimum Gasteiger partial charge on any atom is -0.393 e. The number of anilines is 1. The van der Waals surface area contributed by atoms with Crippen LogP contribution in [0.1, 0.15) is 38.4 Å². The number of nitrogens with one attached hydrogen (secondary N) is 1. The van der Waals surface area contributed by atoms with Crippen LogP contribution in [0.5, 0.6) is 0 Å². The Labute approximate surface area is 83.1 Å². The molecule has 1 aromatic heterocycles. The molecule has 0 amide bonds. The lowest BCUT2D eigenvalue weighted by atomic mass is 10.2. The molecule has 0 aromatic carbocycles. The molecule has 1 aromatic rings. The van der Waals surface area contributed by atoms with E-state index in [1.807, 2.05) is 6.92 Å². The molecule has 1 saturated carbocycles. The van der Waals surface area contributed by atoms with Gasteiger partial charge in [0.1, 0.15) is 5.69 Å². The van der Waals surface area contributed by atoms with E-state index in [2.05, 4.69) is 12.0 Å². The smallest absolute Gasteiger partial charge is 0.290 e. The van der Waals surface area contributed by atoms with Crippen molar-refractivity contribution in [2.24, 2.45) is 5.92 Å². The molecule has 1 unspecified atom stereocenters. The third-order valence-corrected chi connectivity index (χ3v) is 3.09. The van der Waals surface area contributed by atoms with Crippen molar-refractivity contribution in [3.63, 3.8) is 0 Å². The van der Waals surface area contributed by atoms with Crippen LogP contribution in [0.15, 0.2) is 4.79 Å². The fourth-order valence-corrected chi connectivity index (χ4v) is 1.86. The molecule has 0 radical (unpaired) electrons. The fraction of sp³-hybridized carbons (Fsp3) is 0.700. The van der Waals surface area contributed by atoms with Crippen molar-refractivity contribution in [1.29, 1.82) is 0 Å². The Balaban J connectivity index is 2.37. The van der Waals surface area contributed by atoms with Crippen LogP contribution in [-0.2, 0) is 6.42 Å². The Morgan fingerprint density at radius 3 is 2.71 bits per heavy atom. The van der Waals surface area contributed by atoms with E-state index in [0.29, 0.717) is 11.6 Å². The van der Waals surface area contributed by atoms with Crippen molar-refractivity contribution in [3.05, 3.63) is 16.0 Å². The summed E-state index contributed by atoms with van der Waals surface area (Å²) in [5, 5.41) is 3.10. The summed E-state index contributed by atoms with van der Waals surface area (Å²) in [6, 6.07) is 0.269. The molecule has 2 rings (SSSR count). The standard InChI is InChI=1S/C10H17N3O/c1-3-8-9(11)10(14)13(12-8)6(2)7-4-5-7/h6-7,12H,3-5,11H2,1-2H3. The lowest BCUT2D eigenvalue weighted by Gasteiger charge is -2.10. The van der Waals surface area contributed by atoms with E-state index >= 15 is 0 Å². The van der Waals surface area contributed by atoms with E-state index in [9.17, 15) is 4.79 Å². The van der Waals surface area contributed by atoms with E-state index in [1.54, 1.807) is 4.68 Å². The first-order valence-corrected chi connectivity index (χ1v) is 5.24. The lowest BCUT2D eigenvalue weighted by Crippen LogP contribution is -2.23. The maximum Gasteiger partial charge on any atom is 0.290 e. The number of nitrogens with two attached hydrogens (primary N) is 1. The summed E-state index contributed by atoms with van der Waals surface area (Å²) in [5.41, 5.74) is 6.91. The average Bonchev–Trinajstić information content (AvgIpc) is 2.97. The van der Waals surface area contributed by atoms with Crippen LogP contribution >= 0.6 is 0 Å². The summed E-state index contributed by atoms with van der Waals surface area (Å²) in [5.74, 6) is 0.662. The van der Waals surface area contributed by atoms with Gasteiger partial charge < -0.3 is 5.73 Å². The fourth-order valence-electron chi connectivity index (χ4n) is 1.86. The molecule has 78 valence electrons. The lowest BCUT2D eigenvalue weighted by molar-refractivity contribution is 0.426. The molecule has 4 heteroatoms. The highest BCUT2D eigenvalue weighted by atomic mass is 16.1. The highest BCUT2D eigenvalue weighted by Crippen LogP contribution is 2.38. The Hall–Kier alpha value is -1.19. The maximum absolute atomic E-state index is 11.7. The van der Waals surface area contributed by atoms with Gasteiger partial charge in [-0.2, -0.15) is 0 Å². The van der Waals surface area contributed by atoms with Crippen LogP contribution in [0.2, 0.25) is 0 Å². The Morgan fingerprint density at radius 2 is 2.29 bits per heavy atom. The minimum atomic E-state index is -0.0544. The molecule has 14 heavy (non-hydrogen) atoms. The van der Waals surface area contributed by atoms with Crippen molar-refractivity contribution in [2.75, 3.05) is 5.73 Å². The van der Waals surface area contributed by atoms with Gasteiger partial charge >= 0.3 is 0 Å². The molecule has 0 spiro atoms. The quantitative estimate of drug-likeness (QED) is 0.763. The van der Waals surface area contributed by atoms with Crippen LogP contribution in [-0.4, -0.2) is 9.78 Å². The third-order valence-electron chi connectivity index (χ3n) is 3.09. The number of aryl methyl sites for hydroxylation is 1. The topological polar surface area (TPSA) is 63.8 Å². The molecule has 1 atom stereocenters. The zero-order valence-electron chi connectivity index (χ0n) is 8.71. The molecule has 0 bridgehead atoms. The van der Waals surface area contributed by atoms with Gasteiger partial charge in [-0.05, 0) is 32.1 Å². The first-order valence-electron chi connectivity index (χ1n) is 5.24. The SMILES string of the molecule is CCc1[nH]n(C(C)C2CC2)c(=O)c1N. The zero-order chi connectivity index (χ0) is 10.3. The third kappa shape index (κ3) is 1.35.